The normalized spacial score (nSPS) is 17.9. The van der Waals surface area contributed by atoms with Gasteiger partial charge in [-0.15, -0.1) is 0 Å². The van der Waals surface area contributed by atoms with E-state index in [0.717, 1.165) is 0 Å². The van der Waals surface area contributed by atoms with Crippen molar-refractivity contribution >= 4 is 23.6 Å². The fourth-order valence-electron chi connectivity index (χ4n) is 2.46. The number of amides is 1. The molecule has 0 unspecified atom stereocenters. The number of nitrogens with one attached hydrogen (secondary N) is 1. The first-order chi connectivity index (χ1) is 10.3. The highest BCUT2D eigenvalue weighted by atomic mass is 16.3. The van der Waals surface area contributed by atoms with Crippen LogP contribution in [0, 0.1) is 5.41 Å². The molecule has 0 heterocycles. The van der Waals surface area contributed by atoms with Crippen LogP contribution >= 0.6 is 0 Å². The predicted octanol–water partition coefficient (Wildman–Crippen LogP) is 2.95. The SMILES string of the molecule is CNC(=O)c1cccc(N=CC2=C(O)CC(C)(C)CC2=O)c1. The maximum atomic E-state index is 12.1. The topological polar surface area (TPSA) is 78.8 Å². The van der Waals surface area contributed by atoms with Gasteiger partial charge < -0.3 is 10.4 Å². The molecule has 0 radical (unpaired) electrons. The summed E-state index contributed by atoms with van der Waals surface area (Å²) < 4.78 is 0. The lowest BCUT2D eigenvalue weighted by atomic mass is 9.77. The van der Waals surface area contributed by atoms with E-state index in [1.807, 2.05) is 13.8 Å². The molecular weight excluding hydrogens is 280 g/mol. The van der Waals surface area contributed by atoms with Gasteiger partial charge in [-0.3, -0.25) is 14.6 Å². The van der Waals surface area contributed by atoms with Crippen LogP contribution in [0.4, 0.5) is 5.69 Å². The molecule has 1 aromatic carbocycles. The van der Waals surface area contributed by atoms with Crippen LogP contribution in [0.15, 0.2) is 40.6 Å². The molecule has 5 nitrogen and oxygen atoms in total. The third-order valence-corrected chi connectivity index (χ3v) is 3.57. The number of carbonyl (C=O) groups is 2. The van der Waals surface area contributed by atoms with Gasteiger partial charge >= 0.3 is 0 Å². The summed E-state index contributed by atoms with van der Waals surface area (Å²) in [7, 11) is 1.56. The van der Waals surface area contributed by atoms with Gasteiger partial charge in [0.1, 0.15) is 5.76 Å². The van der Waals surface area contributed by atoms with E-state index < -0.39 is 0 Å². The summed E-state index contributed by atoms with van der Waals surface area (Å²) in [5.41, 5.74) is 1.08. The summed E-state index contributed by atoms with van der Waals surface area (Å²) in [5, 5.41) is 12.6. The van der Waals surface area contributed by atoms with Gasteiger partial charge in [-0.1, -0.05) is 19.9 Å². The first kappa shape index (κ1) is 15.9. The Morgan fingerprint density at radius 3 is 2.73 bits per heavy atom. The standard InChI is InChI=1S/C17H20N2O3/c1-17(2)8-14(20)13(15(21)9-17)10-19-12-6-4-5-11(7-12)16(22)18-3/h4-7,10,20H,8-9H2,1-3H3,(H,18,22). The summed E-state index contributed by atoms with van der Waals surface area (Å²) in [4.78, 5) is 27.9. The van der Waals surface area contributed by atoms with Gasteiger partial charge in [-0.2, -0.15) is 0 Å². The Labute approximate surface area is 129 Å². The molecule has 1 aliphatic rings. The molecule has 1 aliphatic carbocycles. The smallest absolute Gasteiger partial charge is 0.251 e. The molecule has 2 N–H and O–H groups in total. The lowest BCUT2D eigenvalue weighted by molar-refractivity contribution is -0.117. The molecular formula is C17H20N2O3. The Bertz CT molecular complexity index is 672. The number of hydrogen-bond donors (Lipinski definition) is 2. The van der Waals surface area contributed by atoms with Crippen molar-refractivity contribution in [3.05, 3.63) is 41.2 Å². The average molecular weight is 300 g/mol. The highest BCUT2D eigenvalue weighted by molar-refractivity contribution is 6.15. The Balaban J connectivity index is 2.25. The molecule has 5 heteroatoms. The van der Waals surface area contributed by atoms with Crippen molar-refractivity contribution in [3.63, 3.8) is 0 Å². The molecule has 0 fully saturated rings. The van der Waals surface area contributed by atoms with Crippen molar-refractivity contribution < 1.29 is 14.7 Å². The Kier molecular flexibility index (Phi) is 4.45. The van der Waals surface area contributed by atoms with E-state index in [-0.39, 0.29) is 28.4 Å². The Morgan fingerprint density at radius 1 is 1.36 bits per heavy atom. The molecule has 0 aliphatic heterocycles. The molecule has 2 rings (SSSR count). The number of ketones is 1. The monoisotopic (exact) mass is 300 g/mol. The lowest BCUT2D eigenvalue weighted by Crippen LogP contribution is -2.26. The van der Waals surface area contributed by atoms with E-state index in [9.17, 15) is 14.7 Å². The van der Waals surface area contributed by atoms with Crippen LogP contribution in [-0.2, 0) is 4.79 Å². The van der Waals surface area contributed by atoms with E-state index in [4.69, 9.17) is 0 Å². The van der Waals surface area contributed by atoms with Crippen LogP contribution in [0.2, 0.25) is 0 Å². The number of nitrogens with zero attached hydrogens (tertiary/aromatic N) is 1. The number of aliphatic hydroxyl groups is 1. The van der Waals surface area contributed by atoms with Gasteiger partial charge in [0.25, 0.3) is 5.91 Å². The average Bonchev–Trinajstić information content (AvgIpc) is 2.44. The lowest BCUT2D eigenvalue weighted by Gasteiger charge is -2.28. The quantitative estimate of drug-likeness (QED) is 0.842. The second-order valence-electron chi connectivity index (χ2n) is 6.19. The summed E-state index contributed by atoms with van der Waals surface area (Å²) in [6.07, 6.45) is 2.23. The number of benzene rings is 1. The number of Topliss-reactive ketones (excluding diaryl/α,β-unsaturated/α-hetero) is 1. The maximum Gasteiger partial charge on any atom is 0.251 e. The first-order valence-corrected chi connectivity index (χ1v) is 7.14. The highest BCUT2D eigenvalue weighted by Crippen LogP contribution is 2.35. The minimum Gasteiger partial charge on any atom is -0.511 e. The van der Waals surface area contributed by atoms with Crippen LogP contribution in [0.5, 0.6) is 0 Å². The molecule has 0 aromatic heterocycles. The third kappa shape index (κ3) is 3.61. The van der Waals surface area contributed by atoms with Crippen LogP contribution in [0.25, 0.3) is 0 Å². The largest absolute Gasteiger partial charge is 0.511 e. The van der Waals surface area contributed by atoms with Crippen molar-refractivity contribution in [2.45, 2.75) is 26.7 Å². The molecule has 1 aromatic rings. The van der Waals surface area contributed by atoms with Gasteiger partial charge in [0.15, 0.2) is 5.78 Å². The van der Waals surface area contributed by atoms with Crippen molar-refractivity contribution in [3.8, 4) is 0 Å². The van der Waals surface area contributed by atoms with Crippen molar-refractivity contribution in [1.82, 2.24) is 5.32 Å². The third-order valence-electron chi connectivity index (χ3n) is 3.57. The number of carbonyl (C=O) groups excluding carboxylic acids is 2. The van der Waals surface area contributed by atoms with Gasteiger partial charge in [0.05, 0.1) is 11.3 Å². The molecule has 1 amide bonds. The summed E-state index contributed by atoms with van der Waals surface area (Å²) >= 11 is 0. The molecule has 116 valence electrons. The minimum atomic E-state index is -0.225. The molecule has 0 atom stereocenters. The summed E-state index contributed by atoms with van der Waals surface area (Å²) in [5.74, 6) is -0.234. The number of hydrogen-bond acceptors (Lipinski definition) is 4. The first-order valence-electron chi connectivity index (χ1n) is 7.14. The fourth-order valence-corrected chi connectivity index (χ4v) is 2.46. The Hall–Kier alpha value is -2.43. The molecule has 0 spiro atoms. The Morgan fingerprint density at radius 2 is 2.09 bits per heavy atom. The van der Waals surface area contributed by atoms with Crippen molar-refractivity contribution in [2.24, 2.45) is 10.4 Å². The maximum absolute atomic E-state index is 12.1. The zero-order chi connectivity index (χ0) is 16.3. The van der Waals surface area contributed by atoms with Crippen LogP contribution in [0.3, 0.4) is 0 Å². The van der Waals surface area contributed by atoms with E-state index in [1.54, 1.807) is 31.3 Å². The van der Waals surface area contributed by atoms with Crippen LogP contribution in [-0.4, -0.2) is 30.1 Å². The molecule has 22 heavy (non-hydrogen) atoms. The molecule has 0 bridgehead atoms. The van der Waals surface area contributed by atoms with Gasteiger partial charge in [0, 0.05) is 31.7 Å². The molecule has 0 saturated heterocycles. The van der Waals surface area contributed by atoms with Gasteiger partial charge in [-0.25, -0.2) is 0 Å². The zero-order valence-corrected chi connectivity index (χ0v) is 13.0. The van der Waals surface area contributed by atoms with Crippen LogP contribution in [0.1, 0.15) is 37.0 Å². The second kappa shape index (κ2) is 6.13. The number of aliphatic hydroxyl groups excluding tert-OH is 1. The van der Waals surface area contributed by atoms with E-state index in [2.05, 4.69) is 10.3 Å². The number of aliphatic imine (C=N–C) groups is 1. The predicted molar refractivity (Wildman–Crippen MR) is 85.7 cm³/mol. The summed E-state index contributed by atoms with van der Waals surface area (Å²) in [6.45, 7) is 3.89. The van der Waals surface area contributed by atoms with E-state index in [1.165, 1.54) is 6.21 Å². The zero-order valence-electron chi connectivity index (χ0n) is 13.0. The van der Waals surface area contributed by atoms with Crippen molar-refractivity contribution in [2.75, 3.05) is 7.05 Å². The summed E-state index contributed by atoms with van der Waals surface area (Å²) in [6, 6.07) is 6.77. The molecule has 0 saturated carbocycles. The van der Waals surface area contributed by atoms with Gasteiger partial charge in [-0.05, 0) is 23.6 Å². The van der Waals surface area contributed by atoms with Crippen LogP contribution < -0.4 is 5.32 Å². The van der Waals surface area contributed by atoms with Crippen molar-refractivity contribution in [1.29, 1.82) is 0 Å². The van der Waals surface area contributed by atoms with E-state index in [0.29, 0.717) is 24.1 Å². The van der Waals surface area contributed by atoms with E-state index >= 15 is 0 Å². The number of rotatable bonds is 3. The fraction of sp³-hybridized carbons (Fsp3) is 0.353. The number of allylic oxidation sites excluding steroid dienone is 2. The highest BCUT2D eigenvalue weighted by Gasteiger charge is 2.32. The minimum absolute atomic E-state index is 0.0763. The van der Waals surface area contributed by atoms with Gasteiger partial charge in [0.2, 0.25) is 0 Å². The second-order valence-corrected chi connectivity index (χ2v) is 6.19.